The van der Waals surface area contributed by atoms with Crippen LogP contribution in [0.15, 0.2) is 22.7 Å². The van der Waals surface area contributed by atoms with Crippen molar-refractivity contribution < 1.29 is 9.13 Å². The minimum absolute atomic E-state index is 0.229. The fraction of sp³-hybridized carbons (Fsp3) is 0.222. The van der Waals surface area contributed by atoms with Gasteiger partial charge in [0.2, 0.25) is 0 Å². The van der Waals surface area contributed by atoms with Gasteiger partial charge in [0, 0.05) is 4.47 Å². The molecule has 0 amide bonds. The van der Waals surface area contributed by atoms with E-state index < -0.39 is 0 Å². The monoisotopic (exact) mass is 231 g/mol. The summed E-state index contributed by atoms with van der Waals surface area (Å²) < 4.78 is 18.9. The topological polar surface area (TPSA) is 9.23 Å². The maximum Gasteiger partial charge on any atom is 0.165 e. The van der Waals surface area contributed by atoms with Crippen molar-refractivity contribution in [2.75, 3.05) is 0 Å². The summed E-state index contributed by atoms with van der Waals surface area (Å²) in [6.07, 6.45) is -0.256. The number of benzene rings is 1. The molecular formula is C9H9BrFO. The van der Waals surface area contributed by atoms with Crippen LogP contribution in [-0.2, 0) is 0 Å². The first kappa shape index (κ1) is 9.52. The summed E-state index contributed by atoms with van der Waals surface area (Å²) in [7, 11) is 0. The summed E-state index contributed by atoms with van der Waals surface area (Å²) in [5.74, 6) is -0.138. The van der Waals surface area contributed by atoms with Crippen LogP contribution in [0.1, 0.15) is 6.92 Å². The highest BCUT2D eigenvalue weighted by molar-refractivity contribution is 9.10. The maximum atomic E-state index is 13.0. The summed E-state index contributed by atoms with van der Waals surface area (Å²) in [6, 6.07) is 4.55. The third-order valence-electron chi connectivity index (χ3n) is 1.22. The Bertz CT molecular complexity index is 273. The summed E-state index contributed by atoms with van der Waals surface area (Å²) in [4.78, 5) is 0. The van der Waals surface area contributed by atoms with E-state index in [4.69, 9.17) is 4.74 Å². The number of rotatable bonds is 2. The second-order valence-corrected chi connectivity index (χ2v) is 3.42. The van der Waals surface area contributed by atoms with Crippen molar-refractivity contribution >= 4 is 15.9 Å². The molecule has 1 radical (unpaired) electrons. The molecule has 1 atom stereocenters. The zero-order valence-electron chi connectivity index (χ0n) is 6.68. The van der Waals surface area contributed by atoms with E-state index in [9.17, 15) is 4.39 Å². The van der Waals surface area contributed by atoms with Gasteiger partial charge in [-0.25, -0.2) is 4.39 Å². The molecule has 0 unspecified atom stereocenters. The molecule has 0 heterocycles. The molecule has 1 rings (SSSR count). The number of hydrogen-bond donors (Lipinski definition) is 0. The zero-order chi connectivity index (χ0) is 9.14. The molecule has 0 spiro atoms. The van der Waals surface area contributed by atoms with Crippen LogP contribution in [-0.4, -0.2) is 6.10 Å². The predicted molar refractivity (Wildman–Crippen MR) is 49.5 cm³/mol. The van der Waals surface area contributed by atoms with Crippen molar-refractivity contribution in [3.8, 4) is 5.75 Å². The van der Waals surface area contributed by atoms with Gasteiger partial charge in [0.05, 0.1) is 6.10 Å². The lowest BCUT2D eigenvalue weighted by Crippen LogP contribution is -2.07. The van der Waals surface area contributed by atoms with Gasteiger partial charge in [0.25, 0.3) is 0 Å². The average Bonchev–Trinajstić information content (AvgIpc) is 1.96. The molecule has 1 aromatic rings. The average molecular weight is 232 g/mol. The van der Waals surface area contributed by atoms with Gasteiger partial charge in [-0.05, 0) is 32.0 Å². The molecule has 0 aliphatic heterocycles. The Kier molecular flexibility index (Phi) is 3.09. The molecule has 0 fully saturated rings. The Balaban J connectivity index is 2.90. The Hall–Kier alpha value is -0.570. The third kappa shape index (κ3) is 2.48. The van der Waals surface area contributed by atoms with E-state index in [1.807, 2.05) is 0 Å². The van der Waals surface area contributed by atoms with E-state index >= 15 is 0 Å². The van der Waals surface area contributed by atoms with Gasteiger partial charge >= 0.3 is 0 Å². The second-order valence-electron chi connectivity index (χ2n) is 2.50. The summed E-state index contributed by atoms with van der Waals surface area (Å²) in [5.41, 5.74) is 0. The standard InChI is InChI=1S/C9H9BrFO/c1-6(2)12-9-5-7(10)3-4-8(9)11/h3-6H,1H2,2H3/t6-/m0/s1. The zero-order valence-corrected chi connectivity index (χ0v) is 8.27. The van der Waals surface area contributed by atoms with Crippen molar-refractivity contribution in [2.45, 2.75) is 13.0 Å². The highest BCUT2D eigenvalue weighted by Crippen LogP contribution is 2.22. The summed E-state index contributed by atoms with van der Waals surface area (Å²) in [5, 5.41) is 0. The highest BCUT2D eigenvalue weighted by Gasteiger charge is 2.04. The van der Waals surface area contributed by atoms with Crippen LogP contribution in [0.3, 0.4) is 0 Å². The van der Waals surface area contributed by atoms with Gasteiger partial charge in [0.1, 0.15) is 0 Å². The van der Waals surface area contributed by atoms with E-state index in [1.54, 1.807) is 19.1 Å². The lowest BCUT2D eigenvalue weighted by atomic mass is 10.3. The van der Waals surface area contributed by atoms with Crippen LogP contribution in [0.2, 0.25) is 0 Å². The third-order valence-corrected chi connectivity index (χ3v) is 1.71. The van der Waals surface area contributed by atoms with Crippen molar-refractivity contribution in [3.63, 3.8) is 0 Å². The Morgan fingerprint density at radius 1 is 1.58 bits per heavy atom. The molecule has 12 heavy (non-hydrogen) atoms. The number of halogens is 2. The molecule has 0 aromatic heterocycles. The lowest BCUT2D eigenvalue weighted by molar-refractivity contribution is 0.254. The first-order valence-electron chi connectivity index (χ1n) is 3.54. The molecule has 3 heteroatoms. The maximum absolute atomic E-state index is 13.0. The SMILES string of the molecule is [CH2][C@@H](C)Oc1cc(Br)ccc1F. The Morgan fingerprint density at radius 2 is 2.25 bits per heavy atom. The van der Waals surface area contributed by atoms with E-state index in [-0.39, 0.29) is 17.7 Å². The van der Waals surface area contributed by atoms with Crippen molar-refractivity contribution in [1.29, 1.82) is 0 Å². The van der Waals surface area contributed by atoms with Crippen LogP contribution < -0.4 is 4.74 Å². The first-order chi connectivity index (χ1) is 5.59. The fourth-order valence-corrected chi connectivity index (χ4v) is 1.12. The molecule has 1 aromatic carbocycles. The number of hydrogen-bond acceptors (Lipinski definition) is 1. The van der Waals surface area contributed by atoms with Crippen LogP contribution in [0, 0.1) is 12.7 Å². The van der Waals surface area contributed by atoms with Gasteiger partial charge in [-0.1, -0.05) is 15.9 Å². The number of ether oxygens (including phenoxy) is 1. The van der Waals surface area contributed by atoms with Gasteiger partial charge in [-0.15, -0.1) is 0 Å². The van der Waals surface area contributed by atoms with Gasteiger partial charge in [-0.2, -0.15) is 0 Å². The van der Waals surface area contributed by atoms with E-state index in [1.165, 1.54) is 6.07 Å². The quantitative estimate of drug-likeness (QED) is 0.760. The molecule has 0 N–H and O–H groups in total. The molecule has 0 aliphatic rings. The first-order valence-corrected chi connectivity index (χ1v) is 4.33. The minimum atomic E-state index is -0.367. The van der Waals surface area contributed by atoms with Gasteiger partial charge in [0.15, 0.2) is 11.6 Å². The lowest BCUT2D eigenvalue weighted by Gasteiger charge is -2.10. The normalized spacial score (nSPS) is 10.4. The van der Waals surface area contributed by atoms with Gasteiger partial charge in [-0.3, -0.25) is 0 Å². The molecule has 0 bridgehead atoms. The minimum Gasteiger partial charge on any atom is -0.488 e. The van der Waals surface area contributed by atoms with Crippen LogP contribution in [0.4, 0.5) is 4.39 Å². The van der Waals surface area contributed by atoms with Crippen LogP contribution in [0.25, 0.3) is 0 Å². The summed E-state index contributed by atoms with van der Waals surface area (Å²) >= 11 is 3.22. The van der Waals surface area contributed by atoms with E-state index in [0.717, 1.165) is 4.47 Å². The molecule has 0 saturated heterocycles. The van der Waals surface area contributed by atoms with Crippen LogP contribution in [0.5, 0.6) is 5.75 Å². The van der Waals surface area contributed by atoms with Crippen molar-refractivity contribution in [1.82, 2.24) is 0 Å². The van der Waals surface area contributed by atoms with E-state index in [0.29, 0.717) is 0 Å². The predicted octanol–water partition coefficient (Wildman–Crippen LogP) is 3.19. The van der Waals surface area contributed by atoms with Crippen LogP contribution >= 0.6 is 15.9 Å². The Morgan fingerprint density at radius 3 is 2.83 bits per heavy atom. The molecular weight excluding hydrogens is 223 g/mol. The largest absolute Gasteiger partial charge is 0.488 e. The smallest absolute Gasteiger partial charge is 0.165 e. The van der Waals surface area contributed by atoms with Crippen molar-refractivity contribution in [3.05, 3.63) is 35.4 Å². The van der Waals surface area contributed by atoms with E-state index in [2.05, 4.69) is 22.9 Å². The Labute approximate surface area is 79.7 Å². The fourth-order valence-electron chi connectivity index (χ4n) is 0.784. The molecule has 65 valence electrons. The van der Waals surface area contributed by atoms with Crippen molar-refractivity contribution in [2.24, 2.45) is 0 Å². The molecule has 0 saturated carbocycles. The molecule has 1 nitrogen and oxygen atoms in total. The highest BCUT2D eigenvalue weighted by atomic mass is 79.9. The molecule has 0 aliphatic carbocycles. The second kappa shape index (κ2) is 3.90. The summed E-state index contributed by atoms with van der Waals surface area (Å²) in [6.45, 7) is 5.35. The van der Waals surface area contributed by atoms with Gasteiger partial charge < -0.3 is 4.74 Å².